The normalized spacial score (nSPS) is 13.1. The Kier molecular flexibility index (Phi) is 8.35. The topological polar surface area (TPSA) is 96.0 Å². The van der Waals surface area contributed by atoms with Gasteiger partial charge in [-0.2, -0.15) is 0 Å². The predicted molar refractivity (Wildman–Crippen MR) is 137 cm³/mol. The number of anilines is 2. The van der Waals surface area contributed by atoms with Crippen molar-refractivity contribution in [1.29, 1.82) is 0 Å². The molecule has 0 aliphatic rings. The van der Waals surface area contributed by atoms with E-state index in [1.54, 1.807) is 18.2 Å². The first-order chi connectivity index (χ1) is 15.8. The number of aromatic nitrogens is 2. The van der Waals surface area contributed by atoms with E-state index in [-0.39, 0.29) is 16.9 Å². The maximum Gasteiger partial charge on any atom is 0.264 e. The predicted octanol–water partition coefficient (Wildman–Crippen LogP) is 5.23. The fourth-order valence-corrected chi connectivity index (χ4v) is 4.51. The highest BCUT2D eigenvalue weighted by Crippen LogP contribution is 2.23. The minimum atomic E-state index is -3.78. The average molecular weight is 484 g/mol. The number of nitrogens with zero attached hydrogens (tertiary/aromatic N) is 2. The Hall–Kier alpha value is -3.04. The molecule has 0 saturated carbocycles. The smallest absolute Gasteiger partial charge is 0.264 e. The average Bonchev–Trinajstić information content (AvgIpc) is 2.83. The molecule has 0 amide bonds. The fraction of sp³-hybridized carbons (Fsp3) is 0.292. The minimum Gasteiger partial charge on any atom is -0.356 e. The van der Waals surface area contributed by atoms with Gasteiger partial charge >= 0.3 is 0 Å². The molecule has 0 radical (unpaired) electrons. The van der Waals surface area contributed by atoms with Crippen LogP contribution in [0.2, 0.25) is 0 Å². The van der Waals surface area contributed by atoms with Gasteiger partial charge in [0.1, 0.15) is 0 Å². The Morgan fingerprint density at radius 2 is 1.55 bits per heavy atom. The van der Waals surface area contributed by atoms with Crippen LogP contribution in [0.15, 0.2) is 71.9 Å². The summed E-state index contributed by atoms with van der Waals surface area (Å²) < 4.78 is 27.4. The van der Waals surface area contributed by atoms with E-state index < -0.39 is 10.0 Å². The number of benzene rings is 2. The Balaban J connectivity index is 1.61. The van der Waals surface area contributed by atoms with Crippen molar-refractivity contribution >= 4 is 39.0 Å². The highest BCUT2D eigenvalue weighted by atomic mass is 32.2. The van der Waals surface area contributed by atoms with E-state index in [9.17, 15) is 8.42 Å². The van der Waals surface area contributed by atoms with Crippen LogP contribution in [0, 0.1) is 0 Å². The summed E-state index contributed by atoms with van der Waals surface area (Å²) in [4.78, 5) is 7.87. The summed E-state index contributed by atoms with van der Waals surface area (Å²) in [5.41, 5.74) is 3.19. The highest BCUT2D eigenvalue weighted by molar-refractivity contribution is 7.92. The Morgan fingerprint density at radius 3 is 2.12 bits per heavy atom. The van der Waals surface area contributed by atoms with Gasteiger partial charge in [0.05, 0.1) is 10.9 Å². The van der Waals surface area contributed by atoms with Gasteiger partial charge in [-0.25, -0.2) is 23.1 Å². The molecule has 0 aliphatic heterocycles. The van der Waals surface area contributed by atoms with Gasteiger partial charge in [0.15, 0.2) is 5.11 Å². The zero-order valence-electron chi connectivity index (χ0n) is 18.9. The van der Waals surface area contributed by atoms with Crippen LogP contribution in [0.5, 0.6) is 0 Å². The molecule has 3 rings (SSSR count). The summed E-state index contributed by atoms with van der Waals surface area (Å²) >= 11 is 5.49. The van der Waals surface area contributed by atoms with E-state index in [2.05, 4.69) is 70.4 Å². The molecule has 3 aromatic rings. The molecule has 33 heavy (non-hydrogen) atoms. The lowest BCUT2D eigenvalue weighted by atomic mass is 9.95. The van der Waals surface area contributed by atoms with Crippen LogP contribution < -0.4 is 15.4 Å². The van der Waals surface area contributed by atoms with Crippen LogP contribution in [-0.4, -0.2) is 23.5 Å². The molecule has 2 aromatic carbocycles. The van der Waals surface area contributed by atoms with Gasteiger partial charge in [-0.3, -0.25) is 0 Å². The van der Waals surface area contributed by atoms with Crippen LogP contribution >= 0.6 is 12.2 Å². The van der Waals surface area contributed by atoms with Crippen molar-refractivity contribution in [2.24, 2.45) is 0 Å². The Morgan fingerprint density at radius 1 is 0.939 bits per heavy atom. The Labute approximate surface area is 201 Å². The van der Waals surface area contributed by atoms with Crippen molar-refractivity contribution in [3.8, 4) is 0 Å². The molecule has 174 valence electrons. The third-order valence-corrected chi connectivity index (χ3v) is 7.01. The van der Waals surface area contributed by atoms with Gasteiger partial charge in [-0.15, -0.1) is 0 Å². The first-order valence-corrected chi connectivity index (χ1v) is 12.8. The van der Waals surface area contributed by atoms with Gasteiger partial charge in [0.2, 0.25) is 5.95 Å². The molecular formula is C24H29N5O2S2. The largest absolute Gasteiger partial charge is 0.356 e. The molecule has 0 unspecified atom stereocenters. The maximum absolute atomic E-state index is 12.5. The monoisotopic (exact) mass is 483 g/mol. The molecule has 7 nitrogen and oxygen atoms in total. The van der Waals surface area contributed by atoms with Crippen LogP contribution in [0.3, 0.4) is 0 Å². The minimum absolute atomic E-state index is 0.0212. The number of hydrogen-bond acceptors (Lipinski definition) is 5. The second-order valence-corrected chi connectivity index (χ2v) is 9.83. The summed E-state index contributed by atoms with van der Waals surface area (Å²) in [6.45, 7) is 6.52. The SMILES string of the molecule is CC[C@H](C)c1ccc([C@@H](CC)NC(=S)Nc2ccc(S(=O)(=O)Nc3ncccn3)cc2)cc1. The lowest BCUT2D eigenvalue weighted by Crippen LogP contribution is -2.32. The van der Waals surface area contributed by atoms with Crippen LogP contribution in [0.25, 0.3) is 0 Å². The second kappa shape index (κ2) is 11.2. The number of sulfonamides is 1. The third kappa shape index (κ3) is 6.72. The molecule has 0 spiro atoms. The van der Waals surface area contributed by atoms with E-state index in [4.69, 9.17) is 12.2 Å². The zero-order valence-corrected chi connectivity index (χ0v) is 20.6. The maximum atomic E-state index is 12.5. The molecule has 0 saturated heterocycles. The van der Waals surface area contributed by atoms with Crippen LogP contribution in [-0.2, 0) is 10.0 Å². The standard InChI is InChI=1S/C24H29N5O2S2/c1-4-17(3)18-7-9-19(10-8-18)22(5-2)28-24(32)27-20-11-13-21(14-12-20)33(30,31)29-23-25-15-6-16-26-23/h6-17,22H,4-5H2,1-3H3,(H,25,26,29)(H2,27,28,32)/t17-,22+/m0/s1. The molecule has 1 heterocycles. The van der Waals surface area contributed by atoms with Crippen molar-refractivity contribution in [2.45, 2.75) is 50.5 Å². The number of nitrogens with one attached hydrogen (secondary N) is 3. The van der Waals surface area contributed by atoms with Gasteiger partial charge in [-0.05, 0) is 72.4 Å². The lowest BCUT2D eigenvalue weighted by molar-refractivity contribution is 0.601. The third-order valence-electron chi connectivity index (χ3n) is 5.45. The van der Waals surface area contributed by atoms with Gasteiger partial charge < -0.3 is 10.6 Å². The summed E-state index contributed by atoms with van der Waals surface area (Å²) in [7, 11) is -3.78. The molecule has 0 bridgehead atoms. The highest BCUT2D eigenvalue weighted by Gasteiger charge is 2.16. The molecule has 0 aliphatic carbocycles. The van der Waals surface area contributed by atoms with E-state index in [1.807, 2.05) is 0 Å². The summed E-state index contributed by atoms with van der Waals surface area (Å²) in [5.74, 6) is 0.560. The Bertz CT molecular complexity index is 1150. The van der Waals surface area contributed by atoms with Crippen molar-refractivity contribution < 1.29 is 8.42 Å². The van der Waals surface area contributed by atoms with Crippen molar-refractivity contribution in [1.82, 2.24) is 15.3 Å². The molecule has 0 fully saturated rings. The number of rotatable bonds is 9. The molecule has 2 atom stereocenters. The van der Waals surface area contributed by atoms with Crippen molar-refractivity contribution in [2.75, 3.05) is 10.0 Å². The van der Waals surface area contributed by atoms with Crippen molar-refractivity contribution in [3.63, 3.8) is 0 Å². The van der Waals surface area contributed by atoms with Gasteiger partial charge in [-0.1, -0.05) is 45.0 Å². The summed E-state index contributed by atoms with van der Waals surface area (Å²) in [6.07, 6.45) is 4.92. The second-order valence-electron chi connectivity index (χ2n) is 7.74. The molecular weight excluding hydrogens is 454 g/mol. The number of hydrogen-bond donors (Lipinski definition) is 3. The quantitative estimate of drug-likeness (QED) is 0.359. The lowest BCUT2D eigenvalue weighted by Gasteiger charge is -2.21. The molecule has 9 heteroatoms. The van der Waals surface area contributed by atoms with Gasteiger partial charge in [0.25, 0.3) is 10.0 Å². The fourth-order valence-electron chi connectivity index (χ4n) is 3.29. The number of thiocarbonyl (C=S) groups is 1. The van der Waals surface area contributed by atoms with Crippen LogP contribution in [0.4, 0.5) is 11.6 Å². The van der Waals surface area contributed by atoms with Crippen molar-refractivity contribution in [3.05, 3.63) is 78.1 Å². The van der Waals surface area contributed by atoms with Gasteiger partial charge in [0, 0.05) is 18.1 Å². The molecule has 3 N–H and O–H groups in total. The summed E-state index contributed by atoms with van der Waals surface area (Å²) in [5, 5.41) is 6.94. The van der Waals surface area contributed by atoms with E-state index in [0.717, 1.165) is 12.8 Å². The van der Waals surface area contributed by atoms with E-state index in [1.165, 1.54) is 35.7 Å². The first-order valence-electron chi connectivity index (χ1n) is 10.9. The van der Waals surface area contributed by atoms with E-state index >= 15 is 0 Å². The van der Waals surface area contributed by atoms with E-state index in [0.29, 0.717) is 16.7 Å². The first kappa shape index (κ1) is 24.6. The molecule has 1 aromatic heterocycles. The van der Waals surface area contributed by atoms with Crippen LogP contribution in [0.1, 0.15) is 56.7 Å². The summed E-state index contributed by atoms with van der Waals surface area (Å²) in [6, 6.07) is 16.7. The zero-order chi connectivity index (χ0) is 23.8.